The van der Waals surface area contributed by atoms with Gasteiger partial charge < -0.3 is 10.6 Å². The fraction of sp³-hybridized carbons (Fsp3) is 0.321. The first-order valence-electron chi connectivity index (χ1n) is 11.9. The highest BCUT2D eigenvalue weighted by molar-refractivity contribution is 7.99. The number of benzene rings is 3. The van der Waals surface area contributed by atoms with Gasteiger partial charge in [0, 0.05) is 37.8 Å². The minimum atomic E-state index is -1.12. The van der Waals surface area contributed by atoms with Crippen molar-refractivity contribution in [3.05, 3.63) is 88.2 Å². The number of piperidine rings is 1. The number of amides is 1. The van der Waals surface area contributed by atoms with Gasteiger partial charge in [-0.2, -0.15) is 0 Å². The summed E-state index contributed by atoms with van der Waals surface area (Å²) in [7, 11) is 0. The molecule has 2 N–H and O–H groups in total. The van der Waals surface area contributed by atoms with Gasteiger partial charge >= 0.3 is 0 Å². The lowest BCUT2D eigenvalue weighted by atomic mass is 9.68. The van der Waals surface area contributed by atoms with E-state index < -0.39 is 40.4 Å². The number of anilines is 1. The molecule has 0 spiro atoms. The van der Waals surface area contributed by atoms with Gasteiger partial charge in [0.2, 0.25) is 5.91 Å². The molecule has 1 fully saturated rings. The van der Waals surface area contributed by atoms with E-state index in [0.29, 0.717) is 43.4 Å². The molecular weight excluding hydrogens is 505 g/mol. The van der Waals surface area contributed by atoms with Crippen molar-refractivity contribution in [2.75, 3.05) is 18.4 Å². The highest BCUT2D eigenvalue weighted by atomic mass is 35.5. The van der Waals surface area contributed by atoms with Crippen molar-refractivity contribution < 1.29 is 18.0 Å². The predicted octanol–water partition coefficient (Wildman–Crippen LogP) is 7.37. The van der Waals surface area contributed by atoms with E-state index in [1.54, 1.807) is 25.6 Å². The molecular formula is C28H28ClF3N2OS. The van der Waals surface area contributed by atoms with Crippen molar-refractivity contribution in [3.8, 4) is 0 Å². The fourth-order valence-corrected chi connectivity index (χ4v) is 5.53. The number of nitrogens with one attached hydrogen (secondary N) is 2. The summed E-state index contributed by atoms with van der Waals surface area (Å²) in [5, 5.41) is 6.24. The molecule has 0 saturated carbocycles. The number of carbonyl (C=O) groups is 1. The molecule has 1 amide bonds. The molecule has 0 unspecified atom stereocenters. The second-order valence-corrected chi connectivity index (χ2v) is 11.0. The number of rotatable bonds is 7. The Kier molecular flexibility index (Phi) is 8.33. The van der Waals surface area contributed by atoms with Gasteiger partial charge in [-0.15, -0.1) is 0 Å². The molecule has 4 rings (SSSR count). The van der Waals surface area contributed by atoms with E-state index in [-0.39, 0.29) is 5.56 Å². The van der Waals surface area contributed by atoms with Crippen LogP contribution in [0.1, 0.15) is 37.8 Å². The smallest absolute Gasteiger partial charge is 0.227 e. The van der Waals surface area contributed by atoms with Crippen molar-refractivity contribution in [3.63, 3.8) is 0 Å². The Morgan fingerprint density at radius 1 is 1.00 bits per heavy atom. The molecule has 3 aromatic carbocycles. The highest BCUT2D eigenvalue weighted by Gasteiger charge is 2.40. The predicted molar refractivity (Wildman–Crippen MR) is 139 cm³/mol. The van der Waals surface area contributed by atoms with E-state index in [2.05, 4.69) is 10.6 Å². The second kappa shape index (κ2) is 11.3. The monoisotopic (exact) mass is 532 g/mol. The van der Waals surface area contributed by atoms with Crippen molar-refractivity contribution in [1.29, 1.82) is 0 Å². The molecule has 0 aliphatic carbocycles. The average Bonchev–Trinajstić information content (AvgIpc) is 2.84. The molecule has 0 radical (unpaired) electrons. The van der Waals surface area contributed by atoms with Gasteiger partial charge in [-0.1, -0.05) is 49.3 Å². The van der Waals surface area contributed by atoms with Crippen molar-refractivity contribution in [1.82, 2.24) is 5.32 Å². The van der Waals surface area contributed by atoms with E-state index in [4.69, 9.17) is 11.6 Å². The normalized spacial score (nSPS) is 15.2. The van der Waals surface area contributed by atoms with Crippen LogP contribution in [0.3, 0.4) is 0 Å². The molecule has 3 nitrogen and oxygen atoms in total. The molecule has 0 aromatic heterocycles. The van der Waals surface area contributed by atoms with Gasteiger partial charge in [-0.05, 0) is 74.3 Å². The third-order valence-corrected chi connectivity index (χ3v) is 7.82. The summed E-state index contributed by atoms with van der Waals surface area (Å²) in [6, 6.07) is 16.1. The van der Waals surface area contributed by atoms with Crippen LogP contribution < -0.4 is 10.6 Å². The van der Waals surface area contributed by atoms with Crippen LogP contribution >= 0.6 is 23.4 Å². The molecule has 190 valence electrons. The Balaban J connectivity index is 1.65. The van der Waals surface area contributed by atoms with Crippen molar-refractivity contribution >= 4 is 35.0 Å². The van der Waals surface area contributed by atoms with E-state index >= 15 is 8.78 Å². The maximum Gasteiger partial charge on any atom is 0.227 e. The number of halogens is 4. The van der Waals surface area contributed by atoms with E-state index in [1.165, 1.54) is 0 Å². The summed E-state index contributed by atoms with van der Waals surface area (Å²) in [4.78, 5) is 14.3. The summed E-state index contributed by atoms with van der Waals surface area (Å²) in [5.74, 6) is -4.08. The molecule has 1 aliphatic heterocycles. The number of carbonyl (C=O) groups excluding carboxylic acids is 1. The maximum absolute atomic E-state index is 15.8. The molecule has 0 bridgehead atoms. The lowest BCUT2D eigenvalue weighted by molar-refractivity contribution is -0.118. The van der Waals surface area contributed by atoms with Crippen molar-refractivity contribution in [2.45, 2.75) is 48.3 Å². The topological polar surface area (TPSA) is 41.1 Å². The summed E-state index contributed by atoms with van der Waals surface area (Å²) >= 11 is 7.55. The molecule has 1 aliphatic rings. The Morgan fingerprint density at radius 2 is 1.58 bits per heavy atom. The Hall–Kier alpha value is -2.48. The van der Waals surface area contributed by atoms with Crippen LogP contribution in [0.4, 0.5) is 18.9 Å². The third-order valence-electron chi connectivity index (χ3n) is 6.55. The summed E-state index contributed by atoms with van der Waals surface area (Å²) in [6.07, 6.45) is 1.34. The minimum absolute atomic E-state index is 0.163. The lowest BCUT2D eigenvalue weighted by Gasteiger charge is -2.39. The van der Waals surface area contributed by atoms with Crippen LogP contribution in [0.2, 0.25) is 5.02 Å². The van der Waals surface area contributed by atoms with Crippen LogP contribution in [0.15, 0.2) is 64.4 Å². The van der Waals surface area contributed by atoms with Gasteiger partial charge in [0.15, 0.2) is 11.6 Å². The quantitative estimate of drug-likeness (QED) is 0.334. The molecule has 3 aromatic rings. The van der Waals surface area contributed by atoms with Gasteiger partial charge in [-0.25, -0.2) is 13.2 Å². The number of hydrogen-bond acceptors (Lipinski definition) is 3. The van der Waals surface area contributed by atoms with Crippen LogP contribution in [-0.2, 0) is 16.6 Å². The van der Waals surface area contributed by atoms with Crippen molar-refractivity contribution in [2.24, 2.45) is 5.92 Å². The minimum Gasteiger partial charge on any atom is -0.321 e. The maximum atomic E-state index is 15.8. The zero-order chi connectivity index (χ0) is 25.9. The van der Waals surface area contributed by atoms with Crippen LogP contribution in [0.25, 0.3) is 0 Å². The first kappa shape index (κ1) is 26.6. The molecule has 8 heteroatoms. The highest BCUT2D eigenvalue weighted by Crippen LogP contribution is 2.42. The first-order chi connectivity index (χ1) is 17.2. The second-order valence-electron chi connectivity index (χ2n) is 9.46. The molecule has 0 atom stereocenters. The summed E-state index contributed by atoms with van der Waals surface area (Å²) in [5.41, 5.74) is -0.704. The van der Waals surface area contributed by atoms with Crippen LogP contribution in [-0.4, -0.2) is 19.0 Å². The standard InChI is InChI=1S/C28H28ClF3N2OS/c1-17(2)27(35)34-26-23(31)15-22(30)24(25(26)32)28(11-13-33-14-12-28)16-18-3-7-20(8-4-18)36-21-9-5-19(29)6-10-21/h3-10,15,17,33H,11-14,16H2,1-2H3,(H,34,35). The Bertz CT molecular complexity index is 1230. The SMILES string of the molecule is CC(C)C(=O)Nc1c(F)cc(F)c(C2(Cc3ccc(Sc4ccc(Cl)cc4)cc3)CCNCC2)c1F. The molecule has 1 heterocycles. The van der Waals surface area contributed by atoms with Gasteiger partial charge in [-0.3, -0.25) is 4.79 Å². The van der Waals surface area contributed by atoms with Crippen LogP contribution in [0, 0.1) is 23.4 Å². The Morgan fingerprint density at radius 3 is 2.17 bits per heavy atom. The summed E-state index contributed by atoms with van der Waals surface area (Å²) < 4.78 is 45.5. The number of hydrogen-bond donors (Lipinski definition) is 2. The Labute approximate surface area is 218 Å². The third kappa shape index (κ3) is 5.90. The largest absolute Gasteiger partial charge is 0.321 e. The van der Waals surface area contributed by atoms with Gasteiger partial charge in [0.05, 0.1) is 0 Å². The molecule has 36 heavy (non-hydrogen) atoms. The molecule has 1 saturated heterocycles. The van der Waals surface area contributed by atoms with Gasteiger partial charge in [0.25, 0.3) is 0 Å². The summed E-state index contributed by atoms with van der Waals surface area (Å²) in [6.45, 7) is 4.40. The van der Waals surface area contributed by atoms with Gasteiger partial charge in [0.1, 0.15) is 11.5 Å². The zero-order valence-corrected chi connectivity index (χ0v) is 21.7. The zero-order valence-electron chi connectivity index (χ0n) is 20.1. The fourth-order valence-electron chi connectivity index (χ4n) is 4.58. The van der Waals surface area contributed by atoms with Crippen LogP contribution in [0.5, 0.6) is 0 Å². The van der Waals surface area contributed by atoms with E-state index in [9.17, 15) is 9.18 Å². The first-order valence-corrected chi connectivity index (χ1v) is 13.1. The van der Waals surface area contributed by atoms with E-state index in [0.717, 1.165) is 15.4 Å². The average molecular weight is 533 g/mol. The lowest BCUT2D eigenvalue weighted by Crippen LogP contribution is -2.43. The van der Waals surface area contributed by atoms with E-state index in [1.807, 2.05) is 48.5 Å².